The summed E-state index contributed by atoms with van der Waals surface area (Å²) in [5, 5.41) is 4.03. The van der Waals surface area contributed by atoms with Gasteiger partial charge in [-0.3, -0.25) is 4.79 Å². The number of fused-ring (bicyclic) bond motifs is 1. The van der Waals surface area contributed by atoms with Crippen LogP contribution in [0.3, 0.4) is 0 Å². The van der Waals surface area contributed by atoms with Gasteiger partial charge in [0.25, 0.3) is 5.91 Å². The van der Waals surface area contributed by atoms with Gasteiger partial charge in [-0.1, -0.05) is 18.1 Å². The van der Waals surface area contributed by atoms with Gasteiger partial charge in [0, 0.05) is 12.6 Å². The summed E-state index contributed by atoms with van der Waals surface area (Å²) in [4.78, 5) is 19.0. The second-order valence-electron chi connectivity index (χ2n) is 8.09. The van der Waals surface area contributed by atoms with Crippen LogP contribution in [0.15, 0.2) is 47.0 Å². The normalized spacial score (nSPS) is 13.8. The number of amides is 1. The second-order valence-corrected chi connectivity index (χ2v) is 8.09. The Morgan fingerprint density at radius 3 is 2.53 bits per heavy atom. The van der Waals surface area contributed by atoms with Crippen molar-refractivity contribution in [1.82, 2.24) is 15.0 Å². The number of benzene rings is 2. The van der Waals surface area contributed by atoms with Crippen molar-refractivity contribution in [2.45, 2.75) is 51.7 Å². The fourth-order valence-electron chi connectivity index (χ4n) is 3.96. The monoisotopic (exact) mass is 435 g/mol. The van der Waals surface area contributed by atoms with Gasteiger partial charge >= 0.3 is 0 Å². The Kier molecular flexibility index (Phi) is 6.73. The van der Waals surface area contributed by atoms with Crippen LogP contribution in [0.4, 0.5) is 0 Å². The van der Waals surface area contributed by atoms with E-state index in [4.69, 9.17) is 14.0 Å². The molecule has 1 heterocycles. The second kappa shape index (κ2) is 9.85. The third-order valence-electron chi connectivity index (χ3n) is 5.81. The van der Waals surface area contributed by atoms with E-state index in [9.17, 15) is 4.79 Å². The molecule has 3 aromatic rings. The summed E-state index contributed by atoms with van der Waals surface area (Å²) in [5.41, 5.74) is 3.54. The van der Waals surface area contributed by atoms with Crippen LogP contribution in [0.25, 0.3) is 11.4 Å². The number of nitrogens with zero attached hydrogens (tertiary/aromatic N) is 3. The highest BCUT2D eigenvalue weighted by Crippen LogP contribution is 2.26. The van der Waals surface area contributed by atoms with E-state index >= 15 is 0 Å². The lowest BCUT2D eigenvalue weighted by atomic mass is 9.92. The molecule has 2 aromatic carbocycles. The minimum Gasteiger partial charge on any atom is -0.497 e. The molecule has 168 valence electrons. The highest BCUT2D eigenvalue weighted by molar-refractivity contribution is 5.81. The van der Waals surface area contributed by atoms with Gasteiger partial charge in [0.05, 0.1) is 13.7 Å². The van der Waals surface area contributed by atoms with E-state index in [0.29, 0.717) is 18.1 Å². The topological polar surface area (TPSA) is 77.7 Å². The van der Waals surface area contributed by atoms with Crippen molar-refractivity contribution in [3.63, 3.8) is 0 Å². The summed E-state index contributed by atoms with van der Waals surface area (Å²) in [6.45, 7) is 2.16. The van der Waals surface area contributed by atoms with Crippen LogP contribution in [0.1, 0.15) is 43.2 Å². The van der Waals surface area contributed by atoms with Crippen molar-refractivity contribution in [3.8, 4) is 22.9 Å². The van der Waals surface area contributed by atoms with E-state index in [1.807, 2.05) is 37.3 Å². The molecule has 1 aliphatic rings. The van der Waals surface area contributed by atoms with Crippen LogP contribution in [0.2, 0.25) is 0 Å². The Morgan fingerprint density at radius 1 is 1.09 bits per heavy atom. The first-order valence-electron chi connectivity index (χ1n) is 11.1. The summed E-state index contributed by atoms with van der Waals surface area (Å²) in [6.07, 6.45) is 4.65. The number of ether oxygens (including phenoxy) is 2. The number of likely N-dealkylation sites (N-methyl/N-ethyl adjacent to an activating group) is 1. The third kappa shape index (κ3) is 4.93. The van der Waals surface area contributed by atoms with Gasteiger partial charge in [0.2, 0.25) is 11.7 Å². The molecule has 0 fully saturated rings. The molecular formula is C25H29N3O4. The van der Waals surface area contributed by atoms with Crippen molar-refractivity contribution in [1.29, 1.82) is 0 Å². The Morgan fingerprint density at radius 2 is 1.81 bits per heavy atom. The highest BCUT2D eigenvalue weighted by Gasteiger charge is 2.24. The molecule has 0 bridgehead atoms. The van der Waals surface area contributed by atoms with Gasteiger partial charge in [0.1, 0.15) is 11.5 Å². The van der Waals surface area contributed by atoms with E-state index in [-0.39, 0.29) is 12.5 Å². The molecule has 1 atom stereocenters. The Labute approximate surface area is 188 Å². The van der Waals surface area contributed by atoms with Crippen LogP contribution in [0.5, 0.6) is 11.5 Å². The summed E-state index contributed by atoms with van der Waals surface area (Å²) in [6, 6.07) is 13.6. The van der Waals surface area contributed by atoms with Crippen molar-refractivity contribution >= 4 is 5.91 Å². The van der Waals surface area contributed by atoms with Crippen LogP contribution in [-0.4, -0.2) is 41.2 Å². The van der Waals surface area contributed by atoms with Gasteiger partial charge in [-0.2, -0.15) is 4.98 Å². The number of hydrogen-bond donors (Lipinski definition) is 0. The number of aryl methyl sites for hydroxylation is 2. The number of carbonyl (C=O) groups is 1. The van der Waals surface area contributed by atoms with Gasteiger partial charge in [-0.15, -0.1) is 0 Å². The fraction of sp³-hybridized carbons (Fsp3) is 0.400. The third-order valence-corrected chi connectivity index (χ3v) is 5.81. The zero-order valence-corrected chi connectivity index (χ0v) is 18.8. The molecular weight excluding hydrogens is 406 g/mol. The first kappa shape index (κ1) is 21.9. The maximum Gasteiger partial charge on any atom is 0.263 e. The highest BCUT2D eigenvalue weighted by atomic mass is 16.5. The van der Waals surface area contributed by atoms with Crippen LogP contribution < -0.4 is 9.47 Å². The first-order valence-corrected chi connectivity index (χ1v) is 11.1. The molecule has 0 aliphatic heterocycles. The zero-order chi connectivity index (χ0) is 22.5. The van der Waals surface area contributed by atoms with Crippen molar-refractivity contribution in [2.75, 3.05) is 14.2 Å². The summed E-state index contributed by atoms with van der Waals surface area (Å²) < 4.78 is 16.6. The lowest BCUT2D eigenvalue weighted by molar-refractivity contribution is -0.138. The zero-order valence-electron chi connectivity index (χ0n) is 18.8. The van der Waals surface area contributed by atoms with Gasteiger partial charge in [-0.05, 0) is 79.6 Å². The van der Waals surface area contributed by atoms with E-state index in [0.717, 1.165) is 29.9 Å². The maximum absolute atomic E-state index is 13.0. The molecule has 1 aromatic heterocycles. The van der Waals surface area contributed by atoms with Crippen LogP contribution in [0, 0.1) is 0 Å². The summed E-state index contributed by atoms with van der Waals surface area (Å²) >= 11 is 0. The molecule has 4 rings (SSSR count). The van der Waals surface area contributed by atoms with Crippen molar-refractivity contribution in [3.05, 3.63) is 59.5 Å². The van der Waals surface area contributed by atoms with E-state index in [1.54, 1.807) is 19.1 Å². The van der Waals surface area contributed by atoms with Crippen LogP contribution in [-0.2, 0) is 24.2 Å². The summed E-state index contributed by atoms with van der Waals surface area (Å²) in [7, 11) is 3.34. The van der Waals surface area contributed by atoms with Crippen molar-refractivity contribution in [2.24, 2.45) is 0 Å². The molecule has 1 unspecified atom stereocenters. The maximum atomic E-state index is 13.0. The van der Waals surface area contributed by atoms with Gasteiger partial charge in [-0.25, -0.2) is 0 Å². The van der Waals surface area contributed by atoms with E-state index < -0.39 is 6.10 Å². The average molecular weight is 436 g/mol. The number of methoxy groups -OCH3 is 1. The molecule has 32 heavy (non-hydrogen) atoms. The molecule has 0 spiro atoms. The molecule has 0 saturated carbocycles. The fourth-order valence-corrected chi connectivity index (χ4v) is 3.96. The predicted molar refractivity (Wildman–Crippen MR) is 121 cm³/mol. The Bertz CT molecular complexity index is 1060. The smallest absolute Gasteiger partial charge is 0.263 e. The molecule has 7 heteroatoms. The largest absolute Gasteiger partial charge is 0.497 e. The number of rotatable bonds is 8. The lowest BCUT2D eigenvalue weighted by Crippen LogP contribution is -2.39. The number of hydrogen-bond acceptors (Lipinski definition) is 6. The van der Waals surface area contributed by atoms with E-state index in [2.05, 4.69) is 22.3 Å². The molecule has 0 saturated heterocycles. The van der Waals surface area contributed by atoms with Crippen molar-refractivity contribution < 1.29 is 18.8 Å². The number of carbonyl (C=O) groups excluding carboxylic acids is 1. The summed E-state index contributed by atoms with van der Waals surface area (Å²) in [5.74, 6) is 2.23. The molecule has 0 N–H and O–H groups in total. The lowest BCUT2D eigenvalue weighted by Gasteiger charge is -2.24. The first-order chi connectivity index (χ1) is 15.6. The molecule has 1 aliphatic carbocycles. The van der Waals surface area contributed by atoms with E-state index in [1.165, 1.54) is 24.0 Å². The average Bonchev–Trinajstić information content (AvgIpc) is 3.30. The molecule has 1 amide bonds. The minimum atomic E-state index is -0.564. The molecule has 7 nitrogen and oxygen atoms in total. The quantitative estimate of drug-likeness (QED) is 0.521. The number of aromatic nitrogens is 2. The standard InChI is InChI=1S/C25H29N3O4/c1-4-22(31-21-14-9-17-7-5-6-8-19(17)15-21)25(29)28(2)16-23-26-24(27-32-23)18-10-12-20(30-3)13-11-18/h9-15,22H,4-8,16H2,1-3H3. The Hall–Kier alpha value is -3.35. The molecule has 0 radical (unpaired) electrons. The minimum absolute atomic E-state index is 0.116. The SMILES string of the molecule is CCC(Oc1ccc2c(c1)CCCC2)C(=O)N(C)Cc1nc(-c2ccc(OC)cc2)no1. The van der Waals surface area contributed by atoms with Gasteiger partial charge in [0.15, 0.2) is 6.10 Å². The predicted octanol–water partition coefficient (Wildman–Crippen LogP) is 4.44. The Balaban J connectivity index is 1.39. The van der Waals surface area contributed by atoms with Gasteiger partial charge < -0.3 is 18.9 Å². The van der Waals surface area contributed by atoms with Crippen LogP contribution >= 0.6 is 0 Å².